The number of hydrogen-bond acceptors (Lipinski definition) is 4. The lowest BCUT2D eigenvalue weighted by Crippen LogP contribution is -2.42. The smallest absolute Gasteiger partial charge is 0.118 e. The van der Waals surface area contributed by atoms with Gasteiger partial charge < -0.3 is 19.9 Å². The molecule has 0 aliphatic carbocycles. The standard InChI is InChI=1S/C17H25NO3/c1-20-16-8-6-14(7-9-16)12-21-13-15-5-3-2-4-10-18-17(15)11-19/h2-3,6-9,15,17-19H,4-5,10-13H2,1H3/b3-2-/t15-,17+/m0/s1. The fourth-order valence-electron chi connectivity index (χ4n) is 2.52. The van der Waals surface area contributed by atoms with Gasteiger partial charge in [0, 0.05) is 12.0 Å². The molecule has 0 saturated heterocycles. The van der Waals surface area contributed by atoms with Gasteiger partial charge in [-0.1, -0.05) is 24.3 Å². The zero-order valence-electron chi connectivity index (χ0n) is 12.6. The van der Waals surface area contributed by atoms with E-state index in [1.54, 1.807) is 7.11 Å². The number of nitrogens with one attached hydrogen (secondary N) is 1. The summed E-state index contributed by atoms with van der Waals surface area (Å²) in [5.41, 5.74) is 1.13. The van der Waals surface area contributed by atoms with Crippen molar-refractivity contribution in [2.75, 3.05) is 26.9 Å². The summed E-state index contributed by atoms with van der Waals surface area (Å²) >= 11 is 0. The van der Waals surface area contributed by atoms with Crippen molar-refractivity contribution in [3.8, 4) is 5.75 Å². The van der Waals surface area contributed by atoms with E-state index in [0.29, 0.717) is 19.1 Å². The summed E-state index contributed by atoms with van der Waals surface area (Å²) in [7, 11) is 1.66. The molecule has 0 bridgehead atoms. The van der Waals surface area contributed by atoms with Gasteiger partial charge in [0.1, 0.15) is 5.75 Å². The fraction of sp³-hybridized carbons (Fsp3) is 0.529. The second kappa shape index (κ2) is 8.82. The highest BCUT2D eigenvalue weighted by Crippen LogP contribution is 2.16. The zero-order chi connectivity index (χ0) is 14.9. The Morgan fingerprint density at radius 2 is 2.05 bits per heavy atom. The molecule has 0 amide bonds. The van der Waals surface area contributed by atoms with Crippen LogP contribution in [0.5, 0.6) is 5.75 Å². The van der Waals surface area contributed by atoms with Crippen LogP contribution in [0.2, 0.25) is 0 Å². The normalized spacial score (nSPS) is 24.1. The largest absolute Gasteiger partial charge is 0.497 e. The molecule has 2 rings (SSSR count). The molecule has 2 N–H and O–H groups in total. The number of methoxy groups -OCH3 is 1. The Hall–Kier alpha value is -1.36. The molecular weight excluding hydrogens is 266 g/mol. The maximum Gasteiger partial charge on any atom is 0.118 e. The second-order valence-electron chi connectivity index (χ2n) is 5.36. The van der Waals surface area contributed by atoms with Gasteiger partial charge >= 0.3 is 0 Å². The molecule has 116 valence electrons. The molecule has 1 aromatic rings. The molecule has 21 heavy (non-hydrogen) atoms. The summed E-state index contributed by atoms with van der Waals surface area (Å²) in [5, 5.41) is 12.9. The third-order valence-electron chi connectivity index (χ3n) is 3.85. The van der Waals surface area contributed by atoms with Crippen LogP contribution in [-0.2, 0) is 11.3 Å². The Balaban J connectivity index is 1.81. The van der Waals surface area contributed by atoms with E-state index in [4.69, 9.17) is 9.47 Å². The number of aliphatic hydroxyl groups is 1. The maximum absolute atomic E-state index is 9.50. The summed E-state index contributed by atoms with van der Waals surface area (Å²) in [6, 6.07) is 8.02. The van der Waals surface area contributed by atoms with E-state index < -0.39 is 0 Å². The number of allylic oxidation sites excluding steroid dienone is 1. The van der Waals surface area contributed by atoms with Crippen LogP contribution >= 0.6 is 0 Å². The SMILES string of the molecule is COc1ccc(COC[C@@H]2C/C=C\CCN[C@@H]2CO)cc1. The van der Waals surface area contributed by atoms with Crippen molar-refractivity contribution in [3.05, 3.63) is 42.0 Å². The Kier molecular flexibility index (Phi) is 6.73. The number of ether oxygens (including phenoxy) is 2. The topological polar surface area (TPSA) is 50.7 Å². The molecule has 1 heterocycles. The van der Waals surface area contributed by atoms with E-state index in [0.717, 1.165) is 30.7 Å². The van der Waals surface area contributed by atoms with Gasteiger partial charge in [-0.25, -0.2) is 0 Å². The van der Waals surface area contributed by atoms with E-state index >= 15 is 0 Å². The first-order valence-corrected chi connectivity index (χ1v) is 7.53. The predicted molar refractivity (Wildman–Crippen MR) is 83.4 cm³/mol. The summed E-state index contributed by atoms with van der Waals surface area (Å²) in [5.74, 6) is 1.17. The Morgan fingerprint density at radius 3 is 2.76 bits per heavy atom. The van der Waals surface area contributed by atoms with E-state index in [1.807, 2.05) is 24.3 Å². The molecule has 4 heteroatoms. The van der Waals surface area contributed by atoms with Gasteiger partial charge in [0.05, 0.1) is 26.9 Å². The van der Waals surface area contributed by atoms with Crippen LogP contribution in [0.3, 0.4) is 0 Å². The van der Waals surface area contributed by atoms with Crippen LogP contribution in [0.1, 0.15) is 18.4 Å². The molecule has 4 nitrogen and oxygen atoms in total. The van der Waals surface area contributed by atoms with Crippen LogP contribution in [0.15, 0.2) is 36.4 Å². The maximum atomic E-state index is 9.50. The van der Waals surface area contributed by atoms with Crippen molar-refractivity contribution in [1.29, 1.82) is 0 Å². The van der Waals surface area contributed by atoms with Gasteiger partial charge in [0.2, 0.25) is 0 Å². The van der Waals surface area contributed by atoms with E-state index in [9.17, 15) is 5.11 Å². The van der Waals surface area contributed by atoms with E-state index in [-0.39, 0.29) is 12.6 Å². The molecule has 2 atom stereocenters. The first-order chi connectivity index (χ1) is 10.3. The van der Waals surface area contributed by atoms with E-state index in [1.165, 1.54) is 0 Å². The van der Waals surface area contributed by atoms with Gasteiger partial charge in [-0.2, -0.15) is 0 Å². The van der Waals surface area contributed by atoms with Crippen molar-refractivity contribution < 1.29 is 14.6 Å². The average molecular weight is 291 g/mol. The predicted octanol–water partition coefficient (Wildman–Crippen LogP) is 2.13. The lowest BCUT2D eigenvalue weighted by atomic mass is 9.95. The van der Waals surface area contributed by atoms with Crippen LogP contribution in [0.4, 0.5) is 0 Å². The molecular formula is C17H25NO3. The summed E-state index contributed by atoms with van der Waals surface area (Å²) in [4.78, 5) is 0. The van der Waals surface area contributed by atoms with E-state index in [2.05, 4.69) is 17.5 Å². The minimum absolute atomic E-state index is 0.116. The van der Waals surface area contributed by atoms with Gasteiger partial charge in [0.15, 0.2) is 0 Å². The van der Waals surface area contributed by atoms with Crippen molar-refractivity contribution >= 4 is 0 Å². The Morgan fingerprint density at radius 1 is 1.24 bits per heavy atom. The monoisotopic (exact) mass is 291 g/mol. The molecule has 0 unspecified atom stereocenters. The third-order valence-corrected chi connectivity index (χ3v) is 3.85. The highest BCUT2D eigenvalue weighted by Gasteiger charge is 2.20. The first kappa shape index (κ1) is 16.0. The van der Waals surface area contributed by atoms with Crippen molar-refractivity contribution in [2.24, 2.45) is 5.92 Å². The second-order valence-corrected chi connectivity index (χ2v) is 5.36. The van der Waals surface area contributed by atoms with Crippen LogP contribution in [-0.4, -0.2) is 38.0 Å². The summed E-state index contributed by atoms with van der Waals surface area (Å²) in [6.07, 6.45) is 6.36. The molecule has 0 radical (unpaired) electrons. The Bertz CT molecular complexity index is 430. The number of rotatable bonds is 6. The number of benzene rings is 1. The highest BCUT2D eigenvalue weighted by molar-refractivity contribution is 5.26. The zero-order valence-corrected chi connectivity index (χ0v) is 12.6. The van der Waals surface area contributed by atoms with Crippen LogP contribution in [0, 0.1) is 5.92 Å². The molecule has 0 saturated carbocycles. The number of aliphatic hydroxyl groups excluding tert-OH is 1. The summed E-state index contributed by atoms with van der Waals surface area (Å²) < 4.78 is 11.0. The molecule has 1 aliphatic heterocycles. The third kappa shape index (κ3) is 5.16. The van der Waals surface area contributed by atoms with Crippen molar-refractivity contribution in [3.63, 3.8) is 0 Å². The summed E-state index contributed by atoms with van der Waals surface area (Å²) in [6.45, 7) is 2.30. The quantitative estimate of drug-likeness (QED) is 0.788. The fourth-order valence-corrected chi connectivity index (χ4v) is 2.52. The molecule has 0 spiro atoms. The molecule has 0 aromatic heterocycles. The lowest BCUT2D eigenvalue weighted by molar-refractivity contribution is 0.0613. The van der Waals surface area contributed by atoms with Gasteiger partial charge in [-0.05, 0) is 37.1 Å². The first-order valence-electron chi connectivity index (χ1n) is 7.53. The lowest BCUT2D eigenvalue weighted by Gasteiger charge is -2.27. The van der Waals surface area contributed by atoms with Crippen molar-refractivity contribution in [2.45, 2.75) is 25.5 Å². The molecule has 0 fully saturated rings. The average Bonchev–Trinajstić information content (AvgIpc) is 2.50. The van der Waals surface area contributed by atoms with Crippen molar-refractivity contribution in [1.82, 2.24) is 5.32 Å². The van der Waals surface area contributed by atoms with Gasteiger partial charge in [-0.3, -0.25) is 0 Å². The highest BCUT2D eigenvalue weighted by atomic mass is 16.5. The molecule has 1 aliphatic rings. The minimum atomic E-state index is 0.116. The van der Waals surface area contributed by atoms with Gasteiger partial charge in [0.25, 0.3) is 0 Å². The van der Waals surface area contributed by atoms with Crippen LogP contribution in [0.25, 0.3) is 0 Å². The Labute approximate surface area is 126 Å². The van der Waals surface area contributed by atoms with Crippen LogP contribution < -0.4 is 10.1 Å². The van der Waals surface area contributed by atoms with Gasteiger partial charge in [-0.15, -0.1) is 0 Å². The number of hydrogen-bond donors (Lipinski definition) is 2. The molecule has 1 aromatic carbocycles. The minimum Gasteiger partial charge on any atom is -0.497 e.